The Morgan fingerprint density at radius 3 is 1.63 bits per heavy atom. The summed E-state index contributed by atoms with van der Waals surface area (Å²) >= 11 is 0. The highest BCUT2D eigenvalue weighted by molar-refractivity contribution is 6.00. The van der Waals surface area contributed by atoms with Crippen LogP contribution < -0.4 is 0 Å². The van der Waals surface area contributed by atoms with Crippen molar-refractivity contribution in [1.82, 2.24) is 9.97 Å². The molecule has 0 radical (unpaired) electrons. The van der Waals surface area contributed by atoms with Crippen molar-refractivity contribution in [3.63, 3.8) is 0 Å². The number of rotatable bonds is 4. The van der Waals surface area contributed by atoms with E-state index in [2.05, 4.69) is 132 Å². The molecule has 0 amide bonds. The quantitative estimate of drug-likeness (QED) is 0.178. The van der Waals surface area contributed by atoms with Crippen LogP contribution in [0.3, 0.4) is 0 Å². The first-order valence-electron chi connectivity index (χ1n) is 17.2. The SMILES string of the molecule is [C-]#[N+]c1cccc2c1-c1cc(-c3cccc(-c4cc(-c5ccccc5)nc(-c5ccccc5)n4)c3)ccc1C21c2ccccc2-c2ccccc21. The Hall–Kier alpha value is -6.89. The number of aromatic nitrogens is 2. The third-order valence-electron chi connectivity index (χ3n) is 10.5. The van der Waals surface area contributed by atoms with Crippen LogP contribution in [0.4, 0.5) is 5.69 Å². The lowest BCUT2D eigenvalue weighted by Crippen LogP contribution is -2.25. The molecule has 0 aliphatic heterocycles. The van der Waals surface area contributed by atoms with Crippen molar-refractivity contribution in [2.45, 2.75) is 5.41 Å². The van der Waals surface area contributed by atoms with Gasteiger partial charge < -0.3 is 0 Å². The minimum atomic E-state index is -0.485. The van der Waals surface area contributed by atoms with Gasteiger partial charge in [-0.25, -0.2) is 14.8 Å². The van der Waals surface area contributed by atoms with E-state index in [0.717, 1.165) is 50.3 Å². The summed E-state index contributed by atoms with van der Waals surface area (Å²) in [4.78, 5) is 14.1. The second-order valence-electron chi connectivity index (χ2n) is 13.2. The van der Waals surface area contributed by atoms with Crippen molar-refractivity contribution in [2.75, 3.05) is 0 Å². The van der Waals surface area contributed by atoms with Crippen LogP contribution in [0.5, 0.6) is 0 Å². The summed E-state index contributed by atoms with van der Waals surface area (Å²) in [7, 11) is 0. The van der Waals surface area contributed by atoms with Gasteiger partial charge in [-0.2, -0.15) is 0 Å². The maximum atomic E-state index is 8.22. The van der Waals surface area contributed by atoms with Gasteiger partial charge >= 0.3 is 0 Å². The highest BCUT2D eigenvalue weighted by atomic mass is 14.9. The Balaban J connectivity index is 1.16. The maximum Gasteiger partial charge on any atom is 0.195 e. The van der Waals surface area contributed by atoms with Crippen LogP contribution in [0, 0.1) is 6.57 Å². The van der Waals surface area contributed by atoms with E-state index in [0.29, 0.717) is 11.5 Å². The largest absolute Gasteiger partial charge is 0.238 e. The van der Waals surface area contributed by atoms with Crippen molar-refractivity contribution in [3.8, 4) is 67.3 Å². The number of benzene rings is 7. The first kappa shape index (κ1) is 29.1. The molecule has 0 saturated carbocycles. The molecule has 3 nitrogen and oxygen atoms in total. The van der Waals surface area contributed by atoms with Crippen LogP contribution in [0.15, 0.2) is 176 Å². The van der Waals surface area contributed by atoms with E-state index in [4.69, 9.17) is 16.5 Å². The molecule has 1 heterocycles. The van der Waals surface area contributed by atoms with E-state index in [1.54, 1.807) is 0 Å². The molecule has 0 saturated heterocycles. The molecule has 51 heavy (non-hydrogen) atoms. The molecule has 2 aliphatic carbocycles. The summed E-state index contributed by atoms with van der Waals surface area (Å²) in [5, 5.41) is 0. The number of nitrogens with zero attached hydrogens (tertiary/aromatic N) is 3. The average Bonchev–Trinajstić information content (AvgIpc) is 3.68. The Kier molecular flexibility index (Phi) is 6.46. The van der Waals surface area contributed by atoms with Crippen LogP contribution in [0.25, 0.3) is 72.1 Å². The van der Waals surface area contributed by atoms with Gasteiger partial charge in [-0.1, -0.05) is 158 Å². The molecule has 0 fully saturated rings. The van der Waals surface area contributed by atoms with Crippen molar-refractivity contribution >= 4 is 5.69 Å². The van der Waals surface area contributed by atoms with E-state index >= 15 is 0 Å². The van der Waals surface area contributed by atoms with Crippen LogP contribution in [-0.2, 0) is 5.41 Å². The van der Waals surface area contributed by atoms with Gasteiger partial charge in [-0.3, -0.25) is 0 Å². The molecule has 10 rings (SSSR count). The fourth-order valence-electron chi connectivity index (χ4n) is 8.37. The highest BCUT2D eigenvalue weighted by Crippen LogP contribution is 2.64. The molecule has 0 bridgehead atoms. The molecule has 8 aromatic rings. The smallest absolute Gasteiger partial charge is 0.195 e. The van der Waals surface area contributed by atoms with Gasteiger partial charge in [-0.05, 0) is 73.8 Å². The zero-order valence-electron chi connectivity index (χ0n) is 27.6. The molecule has 3 heteroatoms. The Morgan fingerprint density at radius 1 is 0.392 bits per heavy atom. The predicted octanol–water partition coefficient (Wildman–Crippen LogP) is 12.0. The molecule has 1 spiro atoms. The summed E-state index contributed by atoms with van der Waals surface area (Å²) in [5.41, 5.74) is 16.8. The highest BCUT2D eigenvalue weighted by Gasteiger charge is 2.51. The lowest BCUT2D eigenvalue weighted by Gasteiger charge is -2.30. The third-order valence-corrected chi connectivity index (χ3v) is 10.5. The summed E-state index contributed by atoms with van der Waals surface area (Å²) in [6.45, 7) is 8.22. The van der Waals surface area contributed by atoms with Gasteiger partial charge in [0.25, 0.3) is 0 Å². The average molecular weight is 648 g/mol. The Morgan fingerprint density at radius 2 is 0.922 bits per heavy atom. The van der Waals surface area contributed by atoms with Gasteiger partial charge in [0.2, 0.25) is 0 Å². The summed E-state index contributed by atoms with van der Waals surface area (Å²) < 4.78 is 0. The minimum Gasteiger partial charge on any atom is -0.238 e. The number of hydrogen-bond donors (Lipinski definition) is 0. The molecule has 0 unspecified atom stereocenters. The zero-order valence-corrected chi connectivity index (χ0v) is 27.6. The Bertz CT molecular complexity index is 2600. The monoisotopic (exact) mass is 647 g/mol. The van der Waals surface area contributed by atoms with E-state index in [1.165, 1.54) is 33.4 Å². The van der Waals surface area contributed by atoms with Gasteiger partial charge in [0.15, 0.2) is 11.5 Å². The molecular formula is C48H29N3. The molecular weight excluding hydrogens is 619 g/mol. The number of hydrogen-bond acceptors (Lipinski definition) is 2. The summed E-state index contributed by atoms with van der Waals surface area (Å²) in [5.74, 6) is 0.695. The van der Waals surface area contributed by atoms with Crippen molar-refractivity contribution < 1.29 is 0 Å². The van der Waals surface area contributed by atoms with Crippen molar-refractivity contribution in [3.05, 3.63) is 210 Å². The summed E-state index contributed by atoms with van der Waals surface area (Å²) in [6, 6.07) is 61.7. The van der Waals surface area contributed by atoms with Gasteiger partial charge in [0, 0.05) is 16.7 Å². The molecule has 0 N–H and O–H groups in total. The molecule has 236 valence electrons. The van der Waals surface area contributed by atoms with E-state index in [1.807, 2.05) is 48.5 Å². The van der Waals surface area contributed by atoms with Crippen LogP contribution in [0.2, 0.25) is 0 Å². The van der Waals surface area contributed by atoms with Crippen LogP contribution in [0.1, 0.15) is 22.3 Å². The molecule has 7 aromatic carbocycles. The van der Waals surface area contributed by atoms with Gasteiger partial charge in [0.05, 0.1) is 23.4 Å². The summed E-state index contributed by atoms with van der Waals surface area (Å²) in [6.07, 6.45) is 0. The van der Waals surface area contributed by atoms with Gasteiger partial charge in [0.1, 0.15) is 0 Å². The van der Waals surface area contributed by atoms with Crippen LogP contribution in [-0.4, -0.2) is 9.97 Å². The maximum absolute atomic E-state index is 8.22. The zero-order chi connectivity index (χ0) is 33.9. The Labute approximate surface area is 297 Å². The van der Waals surface area contributed by atoms with E-state index in [9.17, 15) is 0 Å². The third kappa shape index (κ3) is 4.30. The van der Waals surface area contributed by atoms with Crippen molar-refractivity contribution in [1.29, 1.82) is 0 Å². The minimum absolute atomic E-state index is 0.485. The fourth-order valence-corrected chi connectivity index (χ4v) is 8.37. The molecule has 2 aliphatic rings. The van der Waals surface area contributed by atoms with Crippen LogP contribution >= 0.6 is 0 Å². The van der Waals surface area contributed by atoms with E-state index in [-0.39, 0.29) is 0 Å². The second-order valence-corrected chi connectivity index (χ2v) is 13.2. The van der Waals surface area contributed by atoms with E-state index < -0.39 is 5.41 Å². The molecule has 0 atom stereocenters. The van der Waals surface area contributed by atoms with Crippen molar-refractivity contribution in [2.24, 2.45) is 0 Å². The predicted molar refractivity (Wildman–Crippen MR) is 206 cm³/mol. The number of fused-ring (bicyclic) bond motifs is 10. The fraction of sp³-hybridized carbons (Fsp3) is 0.0208. The lowest BCUT2D eigenvalue weighted by atomic mass is 9.70. The first-order valence-corrected chi connectivity index (χ1v) is 17.2. The molecule has 1 aromatic heterocycles. The lowest BCUT2D eigenvalue weighted by molar-refractivity contribution is 0.794. The normalized spacial score (nSPS) is 12.8. The van der Waals surface area contributed by atoms with Gasteiger partial charge in [-0.15, -0.1) is 0 Å². The standard InChI is InChI=1S/C48H29N3/c1-49-43-25-13-24-42-46(43)38-29-34(26-27-41(38)48(42)39-22-10-8-20-36(39)37-21-9-11-23-40(37)48)33-18-12-19-35(28-33)45-30-44(31-14-4-2-5-15-31)50-47(51-45)32-16-6-3-7-17-32/h2-30H. The topological polar surface area (TPSA) is 30.1 Å². The first-order chi connectivity index (χ1) is 25.2. The second kappa shape index (κ2) is 11.3.